The molecule has 2 heterocycles. The number of aromatic nitrogens is 2. The monoisotopic (exact) mass is 382 g/mol. The summed E-state index contributed by atoms with van der Waals surface area (Å²) in [6.07, 6.45) is 0. The highest BCUT2D eigenvalue weighted by Crippen LogP contribution is 2.46. The van der Waals surface area contributed by atoms with Gasteiger partial charge >= 0.3 is 5.97 Å². The molecule has 0 amide bonds. The first kappa shape index (κ1) is 19.3. The summed E-state index contributed by atoms with van der Waals surface area (Å²) in [7, 11) is 1.48. The summed E-state index contributed by atoms with van der Waals surface area (Å²) in [5.74, 6) is 0.0692. The van der Waals surface area contributed by atoms with Gasteiger partial charge in [-0.1, -0.05) is 26.8 Å². The average molecular weight is 382 g/mol. The molecule has 8 heteroatoms. The van der Waals surface area contributed by atoms with Gasteiger partial charge in [-0.3, -0.25) is 9.89 Å². The first-order chi connectivity index (χ1) is 13.2. The number of nitriles is 1. The summed E-state index contributed by atoms with van der Waals surface area (Å²) in [6.45, 7) is 7.43. The third kappa shape index (κ3) is 3.27. The number of hydrogen-bond donors (Lipinski definition) is 2. The van der Waals surface area contributed by atoms with E-state index < -0.39 is 11.9 Å². The maximum absolute atomic E-state index is 11.3. The van der Waals surface area contributed by atoms with Crippen LogP contribution in [0.5, 0.6) is 17.4 Å². The third-order valence-corrected chi connectivity index (χ3v) is 4.46. The standard InChI is InChI=1S/C20H22N4O4/c1-10(25)27-13-7-6-11(8-14(13)26-5)15-12(9-21)18(22)28-19-16(15)17(23-24-19)20(2,3)4/h6-8,15H,22H2,1-5H3,(H,23,24)/t15-/m1/s1. The van der Waals surface area contributed by atoms with Crippen LogP contribution in [-0.2, 0) is 10.2 Å². The Kier molecular flexibility index (Phi) is 4.77. The lowest BCUT2D eigenvalue weighted by Crippen LogP contribution is -2.24. The van der Waals surface area contributed by atoms with Crippen molar-refractivity contribution in [1.29, 1.82) is 5.26 Å². The van der Waals surface area contributed by atoms with Crippen LogP contribution >= 0.6 is 0 Å². The molecule has 146 valence electrons. The van der Waals surface area contributed by atoms with Gasteiger partial charge in [0, 0.05) is 18.0 Å². The zero-order chi connectivity index (χ0) is 20.6. The lowest BCUT2D eigenvalue weighted by atomic mass is 9.79. The van der Waals surface area contributed by atoms with Crippen LogP contribution in [0.25, 0.3) is 0 Å². The molecule has 0 saturated carbocycles. The first-order valence-electron chi connectivity index (χ1n) is 8.70. The van der Waals surface area contributed by atoms with Crippen molar-refractivity contribution in [3.63, 3.8) is 0 Å². The fraction of sp³-hybridized carbons (Fsp3) is 0.350. The molecular formula is C20H22N4O4. The maximum atomic E-state index is 11.3. The zero-order valence-corrected chi connectivity index (χ0v) is 16.4. The van der Waals surface area contributed by atoms with Gasteiger partial charge in [-0.25, -0.2) is 0 Å². The summed E-state index contributed by atoms with van der Waals surface area (Å²) in [5.41, 5.74) is 8.34. The molecular weight excluding hydrogens is 360 g/mol. The number of carbonyl (C=O) groups is 1. The Morgan fingerprint density at radius 3 is 2.64 bits per heavy atom. The molecule has 0 spiro atoms. The predicted molar refractivity (Wildman–Crippen MR) is 101 cm³/mol. The molecule has 0 bridgehead atoms. The molecule has 0 unspecified atom stereocenters. The number of rotatable bonds is 3. The number of nitrogens with two attached hydrogens (primary N) is 1. The molecule has 1 atom stereocenters. The fourth-order valence-corrected chi connectivity index (χ4v) is 3.25. The number of hydrogen-bond acceptors (Lipinski definition) is 7. The number of nitrogens with zero attached hydrogens (tertiary/aromatic N) is 2. The summed E-state index contributed by atoms with van der Waals surface area (Å²) >= 11 is 0. The summed E-state index contributed by atoms with van der Waals surface area (Å²) < 4.78 is 16.1. The van der Waals surface area contributed by atoms with Gasteiger partial charge in [0.1, 0.15) is 11.6 Å². The van der Waals surface area contributed by atoms with Crippen molar-refractivity contribution in [2.24, 2.45) is 5.73 Å². The summed E-state index contributed by atoms with van der Waals surface area (Å²) in [5, 5.41) is 17.0. The van der Waals surface area contributed by atoms with Crippen LogP contribution in [0.2, 0.25) is 0 Å². The molecule has 0 saturated heterocycles. The second-order valence-corrected chi connectivity index (χ2v) is 7.50. The molecule has 3 N–H and O–H groups in total. The Bertz CT molecular complexity index is 1010. The van der Waals surface area contributed by atoms with Gasteiger partial charge in [0.25, 0.3) is 0 Å². The third-order valence-electron chi connectivity index (χ3n) is 4.46. The van der Waals surface area contributed by atoms with Gasteiger partial charge in [-0.15, -0.1) is 5.10 Å². The van der Waals surface area contributed by atoms with Crippen LogP contribution < -0.4 is 19.9 Å². The summed E-state index contributed by atoms with van der Waals surface area (Å²) in [6, 6.07) is 7.28. The van der Waals surface area contributed by atoms with E-state index in [-0.39, 0.29) is 16.9 Å². The van der Waals surface area contributed by atoms with E-state index in [0.717, 1.165) is 16.8 Å². The van der Waals surface area contributed by atoms with E-state index in [1.807, 2.05) is 20.8 Å². The Balaban J connectivity index is 2.22. The molecule has 1 aliphatic heterocycles. The van der Waals surface area contributed by atoms with Crippen molar-refractivity contribution in [3.8, 4) is 23.4 Å². The lowest BCUT2D eigenvalue weighted by molar-refractivity contribution is -0.132. The van der Waals surface area contributed by atoms with E-state index >= 15 is 0 Å². The van der Waals surface area contributed by atoms with E-state index in [1.54, 1.807) is 18.2 Å². The number of nitrogens with one attached hydrogen (secondary N) is 1. The van der Waals surface area contributed by atoms with E-state index in [4.69, 9.17) is 19.9 Å². The van der Waals surface area contributed by atoms with Gasteiger partial charge in [-0.2, -0.15) is 5.26 Å². The van der Waals surface area contributed by atoms with Crippen LogP contribution in [0, 0.1) is 11.3 Å². The number of benzene rings is 1. The van der Waals surface area contributed by atoms with Crippen molar-refractivity contribution in [2.45, 2.75) is 39.0 Å². The lowest BCUT2D eigenvalue weighted by Gasteiger charge is -2.27. The minimum Gasteiger partial charge on any atom is -0.493 e. The Hall–Kier alpha value is -3.47. The van der Waals surface area contributed by atoms with Crippen molar-refractivity contribution < 1.29 is 19.0 Å². The topological polar surface area (TPSA) is 123 Å². The molecule has 1 aromatic carbocycles. The number of esters is 1. The number of carbonyl (C=O) groups excluding carboxylic acids is 1. The van der Waals surface area contributed by atoms with Crippen LogP contribution in [0.3, 0.4) is 0 Å². The van der Waals surface area contributed by atoms with Gasteiger partial charge in [0.15, 0.2) is 11.5 Å². The Labute approximate surface area is 162 Å². The van der Waals surface area contributed by atoms with Crippen molar-refractivity contribution in [2.75, 3.05) is 7.11 Å². The van der Waals surface area contributed by atoms with Crippen LogP contribution in [-0.4, -0.2) is 23.3 Å². The smallest absolute Gasteiger partial charge is 0.308 e. The van der Waals surface area contributed by atoms with Crippen LogP contribution in [0.4, 0.5) is 0 Å². The van der Waals surface area contributed by atoms with Gasteiger partial charge in [0.05, 0.1) is 18.6 Å². The normalized spacial score (nSPS) is 16.1. The molecule has 1 aliphatic rings. The van der Waals surface area contributed by atoms with E-state index in [0.29, 0.717) is 17.4 Å². The largest absolute Gasteiger partial charge is 0.493 e. The minimum atomic E-state index is -0.498. The van der Waals surface area contributed by atoms with Crippen LogP contribution in [0.15, 0.2) is 29.7 Å². The molecule has 3 rings (SSSR count). The predicted octanol–water partition coefficient (Wildman–Crippen LogP) is 2.86. The second kappa shape index (κ2) is 6.93. The zero-order valence-electron chi connectivity index (χ0n) is 16.4. The minimum absolute atomic E-state index is 0.00925. The molecule has 1 aromatic heterocycles. The molecule has 28 heavy (non-hydrogen) atoms. The fourth-order valence-electron chi connectivity index (χ4n) is 3.25. The number of ether oxygens (including phenoxy) is 3. The number of methoxy groups -OCH3 is 1. The van der Waals surface area contributed by atoms with Crippen molar-refractivity contribution >= 4 is 5.97 Å². The summed E-state index contributed by atoms with van der Waals surface area (Å²) in [4.78, 5) is 11.3. The van der Waals surface area contributed by atoms with Crippen molar-refractivity contribution in [3.05, 3.63) is 46.5 Å². The molecule has 0 radical (unpaired) electrons. The SMILES string of the molecule is COc1cc([C@@H]2C(C#N)=C(N)Oc3n[nH]c(C(C)(C)C)c32)ccc1OC(C)=O. The van der Waals surface area contributed by atoms with E-state index in [2.05, 4.69) is 16.3 Å². The Morgan fingerprint density at radius 2 is 2.07 bits per heavy atom. The molecule has 8 nitrogen and oxygen atoms in total. The maximum Gasteiger partial charge on any atom is 0.308 e. The number of allylic oxidation sites excluding steroid dienone is 1. The molecule has 2 aromatic rings. The van der Waals surface area contributed by atoms with E-state index in [1.165, 1.54) is 14.0 Å². The number of fused-ring (bicyclic) bond motifs is 1. The van der Waals surface area contributed by atoms with Gasteiger partial charge in [0.2, 0.25) is 11.8 Å². The van der Waals surface area contributed by atoms with Crippen LogP contribution in [0.1, 0.15) is 50.4 Å². The Morgan fingerprint density at radius 1 is 1.36 bits per heavy atom. The molecule has 0 aliphatic carbocycles. The average Bonchev–Trinajstić information content (AvgIpc) is 3.04. The highest BCUT2D eigenvalue weighted by atomic mass is 16.6. The second-order valence-electron chi connectivity index (χ2n) is 7.50. The number of H-pyrrole nitrogens is 1. The molecule has 0 fully saturated rings. The first-order valence-corrected chi connectivity index (χ1v) is 8.70. The highest BCUT2D eigenvalue weighted by molar-refractivity contribution is 5.70. The van der Waals surface area contributed by atoms with Crippen molar-refractivity contribution in [1.82, 2.24) is 10.2 Å². The highest BCUT2D eigenvalue weighted by Gasteiger charge is 2.38. The quantitative estimate of drug-likeness (QED) is 0.618. The number of aromatic amines is 1. The van der Waals surface area contributed by atoms with E-state index in [9.17, 15) is 10.1 Å². The van der Waals surface area contributed by atoms with Gasteiger partial charge < -0.3 is 19.9 Å². The van der Waals surface area contributed by atoms with Gasteiger partial charge in [-0.05, 0) is 17.7 Å².